The number of nitrogen functional groups attached to an aromatic ring is 1. The second kappa shape index (κ2) is 4.68. The third kappa shape index (κ3) is 2.53. The van der Waals surface area contributed by atoms with E-state index in [2.05, 4.69) is 0 Å². The fourth-order valence-electron chi connectivity index (χ4n) is 1.61. The topological polar surface area (TPSA) is 35.2 Å². The van der Waals surface area contributed by atoms with Gasteiger partial charge in [-0.3, -0.25) is 0 Å². The minimum atomic E-state index is 0.582. The van der Waals surface area contributed by atoms with E-state index in [1.807, 2.05) is 50.2 Å². The van der Waals surface area contributed by atoms with Gasteiger partial charge in [-0.25, -0.2) is 0 Å². The molecule has 2 rings (SSSR count). The average molecular weight is 248 g/mol. The molecule has 0 unspecified atom stereocenters. The van der Waals surface area contributed by atoms with E-state index in [-0.39, 0.29) is 0 Å². The third-order valence-electron chi connectivity index (χ3n) is 2.54. The van der Waals surface area contributed by atoms with Gasteiger partial charge < -0.3 is 10.5 Å². The van der Waals surface area contributed by atoms with E-state index in [1.54, 1.807) is 0 Å². The molecule has 0 bridgehead atoms. The van der Waals surface area contributed by atoms with Crippen molar-refractivity contribution >= 4 is 17.3 Å². The van der Waals surface area contributed by atoms with Crippen LogP contribution in [-0.2, 0) is 0 Å². The molecule has 0 fully saturated rings. The van der Waals surface area contributed by atoms with Gasteiger partial charge in [0.1, 0.15) is 5.75 Å². The Balaban J connectivity index is 2.41. The molecule has 0 aliphatic heterocycles. The predicted molar refractivity (Wildman–Crippen MR) is 71.9 cm³/mol. The van der Waals surface area contributed by atoms with E-state index in [0.717, 1.165) is 11.1 Å². The highest BCUT2D eigenvalue weighted by Gasteiger charge is 2.08. The Bertz CT molecular complexity index is 532. The number of halogens is 1. The second-order valence-corrected chi connectivity index (χ2v) is 4.44. The quantitative estimate of drug-likeness (QED) is 0.802. The largest absolute Gasteiger partial charge is 0.453 e. The van der Waals surface area contributed by atoms with Crippen LogP contribution in [0.5, 0.6) is 11.5 Å². The van der Waals surface area contributed by atoms with Crippen molar-refractivity contribution in [2.24, 2.45) is 0 Å². The van der Waals surface area contributed by atoms with Crippen molar-refractivity contribution in [2.75, 3.05) is 5.73 Å². The van der Waals surface area contributed by atoms with Crippen LogP contribution in [0.25, 0.3) is 0 Å². The van der Waals surface area contributed by atoms with Gasteiger partial charge in [0.05, 0.1) is 10.7 Å². The fraction of sp³-hybridized carbons (Fsp3) is 0.143. The lowest BCUT2D eigenvalue weighted by Crippen LogP contribution is -1.95. The smallest absolute Gasteiger partial charge is 0.153 e. The van der Waals surface area contributed by atoms with Crippen LogP contribution < -0.4 is 10.5 Å². The average Bonchev–Trinajstić information content (AvgIpc) is 2.28. The lowest BCUT2D eigenvalue weighted by atomic mass is 10.2. The van der Waals surface area contributed by atoms with Crippen LogP contribution in [0.4, 0.5) is 5.69 Å². The molecule has 2 aromatic carbocycles. The number of para-hydroxylation sites is 1. The summed E-state index contributed by atoms with van der Waals surface area (Å²) in [6.07, 6.45) is 0. The van der Waals surface area contributed by atoms with Gasteiger partial charge in [0.2, 0.25) is 0 Å². The molecule has 0 atom stereocenters. The standard InChI is InChI=1S/C14H14ClNO/c1-9-6-7-11(15)13(8-9)17-14-10(2)4-3-5-12(14)16/h3-8H,16H2,1-2H3. The molecule has 88 valence electrons. The first-order chi connectivity index (χ1) is 8.08. The SMILES string of the molecule is Cc1ccc(Cl)c(Oc2c(C)cccc2N)c1. The zero-order chi connectivity index (χ0) is 12.4. The second-order valence-electron chi connectivity index (χ2n) is 4.03. The minimum Gasteiger partial charge on any atom is -0.453 e. The van der Waals surface area contributed by atoms with Crippen molar-refractivity contribution in [3.8, 4) is 11.5 Å². The Hall–Kier alpha value is -1.67. The van der Waals surface area contributed by atoms with E-state index in [1.165, 1.54) is 0 Å². The zero-order valence-electron chi connectivity index (χ0n) is 9.83. The van der Waals surface area contributed by atoms with E-state index in [0.29, 0.717) is 22.2 Å². The molecule has 2 N–H and O–H groups in total. The molecule has 3 heteroatoms. The predicted octanol–water partition coefficient (Wildman–Crippen LogP) is 4.33. The van der Waals surface area contributed by atoms with Gasteiger partial charge in [-0.1, -0.05) is 29.8 Å². The third-order valence-corrected chi connectivity index (χ3v) is 2.85. The molecule has 0 radical (unpaired) electrons. The normalized spacial score (nSPS) is 10.3. The van der Waals surface area contributed by atoms with Crippen LogP contribution >= 0.6 is 11.6 Å². The summed E-state index contributed by atoms with van der Waals surface area (Å²) < 4.78 is 5.79. The van der Waals surface area contributed by atoms with Crippen molar-refractivity contribution in [3.63, 3.8) is 0 Å². The van der Waals surface area contributed by atoms with Gasteiger partial charge in [0.25, 0.3) is 0 Å². The van der Waals surface area contributed by atoms with Crippen LogP contribution in [0.15, 0.2) is 36.4 Å². The molecule has 0 spiro atoms. The van der Waals surface area contributed by atoms with Crippen molar-refractivity contribution in [1.82, 2.24) is 0 Å². The first-order valence-electron chi connectivity index (χ1n) is 5.37. The number of rotatable bonds is 2. The maximum atomic E-state index is 6.08. The van der Waals surface area contributed by atoms with Gasteiger partial charge in [-0.05, 0) is 43.2 Å². The number of ether oxygens (including phenoxy) is 1. The molecule has 0 heterocycles. The Labute approximate surface area is 106 Å². The number of anilines is 1. The van der Waals surface area contributed by atoms with Gasteiger partial charge in [-0.2, -0.15) is 0 Å². The lowest BCUT2D eigenvalue weighted by Gasteiger charge is -2.12. The summed E-state index contributed by atoms with van der Waals surface area (Å²) in [6.45, 7) is 3.94. The monoisotopic (exact) mass is 247 g/mol. The van der Waals surface area contributed by atoms with Crippen molar-refractivity contribution in [1.29, 1.82) is 0 Å². The maximum Gasteiger partial charge on any atom is 0.153 e. The molecule has 2 nitrogen and oxygen atoms in total. The van der Waals surface area contributed by atoms with E-state index >= 15 is 0 Å². The molecule has 0 aromatic heterocycles. The fourth-order valence-corrected chi connectivity index (χ4v) is 1.77. The summed E-state index contributed by atoms with van der Waals surface area (Å²) in [6, 6.07) is 11.3. The van der Waals surface area contributed by atoms with Crippen LogP contribution in [0.3, 0.4) is 0 Å². The zero-order valence-corrected chi connectivity index (χ0v) is 10.6. The number of benzene rings is 2. The maximum absolute atomic E-state index is 6.08. The summed E-state index contributed by atoms with van der Waals surface area (Å²) >= 11 is 6.08. The highest BCUT2D eigenvalue weighted by molar-refractivity contribution is 6.32. The number of aryl methyl sites for hydroxylation is 2. The molecule has 0 aliphatic rings. The highest BCUT2D eigenvalue weighted by Crippen LogP contribution is 2.35. The Kier molecular flexibility index (Phi) is 3.25. The van der Waals surface area contributed by atoms with Crippen LogP contribution in [0.2, 0.25) is 5.02 Å². The molecule has 0 saturated carbocycles. The molecular weight excluding hydrogens is 234 g/mol. The van der Waals surface area contributed by atoms with Crippen molar-refractivity contribution in [3.05, 3.63) is 52.5 Å². The Morgan fingerprint density at radius 2 is 1.88 bits per heavy atom. The summed E-state index contributed by atoms with van der Waals surface area (Å²) in [4.78, 5) is 0. The molecule has 0 aliphatic carbocycles. The van der Waals surface area contributed by atoms with Gasteiger partial charge in [-0.15, -0.1) is 0 Å². The molecular formula is C14H14ClNO. The minimum absolute atomic E-state index is 0.582. The first-order valence-corrected chi connectivity index (χ1v) is 5.75. The Morgan fingerprint density at radius 3 is 2.59 bits per heavy atom. The van der Waals surface area contributed by atoms with E-state index in [9.17, 15) is 0 Å². The van der Waals surface area contributed by atoms with Crippen LogP contribution in [0, 0.1) is 13.8 Å². The summed E-state index contributed by atoms with van der Waals surface area (Å²) in [7, 11) is 0. The lowest BCUT2D eigenvalue weighted by molar-refractivity contribution is 0.481. The number of nitrogens with two attached hydrogens (primary N) is 1. The molecule has 0 saturated heterocycles. The highest BCUT2D eigenvalue weighted by atomic mass is 35.5. The first kappa shape index (κ1) is 11.8. The summed E-state index contributed by atoms with van der Waals surface area (Å²) in [5, 5.41) is 0.582. The number of hydrogen-bond donors (Lipinski definition) is 1. The van der Waals surface area contributed by atoms with Crippen LogP contribution in [-0.4, -0.2) is 0 Å². The van der Waals surface area contributed by atoms with Crippen molar-refractivity contribution in [2.45, 2.75) is 13.8 Å². The summed E-state index contributed by atoms with van der Waals surface area (Å²) in [5.74, 6) is 1.30. The molecule has 2 aromatic rings. The van der Waals surface area contributed by atoms with Crippen LogP contribution in [0.1, 0.15) is 11.1 Å². The van der Waals surface area contributed by atoms with Gasteiger partial charge >= 0.3 is 0 Å². The van der Waals surface area contributed by atoms with Gasteiger partial charge in [0.15, 0.2) is 5.75 Å². The Morgan fingerprint density at radius 1 is 1.12 bits per heavy atom. The van der Waals surface area contributed by atoms with Crippen molar-refractivity contribution < 1.29 is 4.74 Å². The molecule has 17 heavy (non-hydrogen) atoms. The van der Waals surface area contributed by atoms with E-state index < -0.39 is 0 Å². The van der Waals surface area contributed by atoms with Gasteiger partial charge in [0, 0.05) is 0 Å². The van der Waals surface area contributed by atoms with E-state index in [4.69, 9.17) is 22.1 Å². The summed E-state index contributed by atoms with van der Waals surface area (Å²) in [5.41, 5.74) is 8.59. The molecule has 0 amide bonds. The number of hydrogen-bond acceptors (Lipinski definition) is 2.